The number of benzene rings is 1. The lowest BCUT2D eigenvalue weighted by Gasteiger charge is -2.16. The monoisotopic (exact) mass is 360 g/mol. The van der Waals surface area contributed by atoms with Gasteiger partial charge >= 0.3 is 0 Å². The highest BCUT2D eigenvalue weighted by Crippen LogP contribution is 2.14. The highest BCUT2D eigenvalue weighted by atomic mass is 35.5. The summed E-state index contributed by atoms with van der Waals surface area (Å²) >= 11 is 5.82. The lowest BCUT2D eigenvalue weighted by molar-refractivity contribution is 0.581. The van der Waals surface area contributed by atoms with Crippen LogP contribution in [0.1, 0.15) is 27.2 Å². The quantitative estimate of drug-likeness (QED) is 0.376. The molecule has 0 aromatic heterocycles. The van der Waals surface area contributed by atoms with Crippen LogP contribution in [0.2, 0.25) is 5.02 Å². The first-order valence-electron chi connectivity index (χ1n) is 7.69. The fraction of sp³-hybridized carbons (Fsp3) is 0.533. The third-order valence-electron chi connectivity index (χ3n) is 3.12. The van der Waals surface area contributed by atoms with Crippen LogP contribution in [0.25, 0.3) is 0 Å². The average molecular weight is 361 g/mol. The van der Waals surface area contributed by atoms with Crippen molar-refractivity contribution in [3.05, 3.63) is 29.3 Å². The molecular weight excluding hydrogens is 336 g/mol. The van der Waals surface area contributed by atoms with E-state index in [1.807, 2.05) is 6.92 Å². The molecular formula is C15H25ClN4O2S. The zero-order valence-electron chi connectivity index (χ0n) is 13.8. The van der Waals surface area contributed by atoms with Crippen LogP contribution >= 0.6 is 11.6 Å². The summed E-state index contributed by atoms with van der Waals surface area (Å²) in [6.45, 7) is 7.43. The molecule has 0 amide bonds. The minimum absolute atomic E-state index is 0.151. The lowest BCUT2D eigenvalue weighted by Crippen LogP contribution is -2.42. The Bertz CT molecular complexity index is 620. The molecule has 1 rings (SSSR count). The van der Waals surface area contributed by atoms with E-state index in [9.17, 15) is 8.42 Å². The molecule has 0 saturated heterocycles. The number of halogens is 1. The van der Waals surface area contributed by atoms with E-state index in [-0.39, 0.29) is 11.4 Å². The molecule has 130 valence electrons. The number of hydrogen-bond donors (Lipinski definition) is 3. The first-order valence-corrected chi connectivity index (χ1v) is 9.55. The van der Waals surface area contributed by atoms with Crippen LogP contribution in [0.5, 0.6) is 0 Å². The summed E-state index contributed by atoms with van der Waals surface area (Å²) in [5.41, 5.74) is 0. The van der Waals surface area contributed by atoms with Gasteiger partial charge in [0.25, 0.3) is 0 Å². The third-order valence-corrected chi connectivity index (χ3v) is 4.81. The second-order valence-electron chi connectivity index (χ2n) is 5.07. The highest BCUT2D eigenvalue weighted by Gasteiger charge is 2.13. The summed E-state index contributed by atoms with van der Waals surface area (Å²) in [5.74, 6) is 0.684. The van der Waals surface area contributed by atoms with E-state index < -0.39 is 10.0 Å². The second-order valence-corrected chi connectivity index (χ2v) is 7.27. The van der Waals surface area contributed by atoms with E-state index in [1.165, 1.54) is 12.1 Å². The maximum absolute atomic E-state index is 12.1. The van der Waals surface area contributed by atoms with E-state index in [4.69, 9.17) is 11.6 Å². The zero-order chi connectivity index (χ0) is 17.3. The van der Waals surface area contributed by atoms with Crippen molar-refractivity contribution in [3.8, 4) is 0 Å². The van der Waals surface area contributed by atoms with Crippen molar-refractivity contribution in [1.82, 2.24) is 15.4 Å². The number of nitrogens with zero attached hydrogens (tertiary/aromatic N) is 1. The van der Waals surface area contributed by atoms with Crippen molar-refractivity contribution in [2.75, 3.05) is 19.6 Å². The van der Waals surface area contributed by atoms with Gasteiger partial charge < -0.3 is 10.6 Å². The highest BCUT2D eigenvalue weighted by molar-refractivity contribution is 7.89. The first kappa shape index (κ1) is 19.7. The molecule has 0 bridgehead atoms. The summed E-state index contributed by atoms with van der Waals surface area (Å²) in [7, 11) is -3.57. The van der Waals surface area contributed by atoms with Crippen LogP contribution in [-0.4, -0.2) is 40.1 Å². The van der Waals surface area contributed by atoms with Gasteiger partial charge in [0.15, 0.2) is 5.96 Å². The van der Waals surface area contributed by atoms with Gasteiger partial charge in [-0.15, -0.1) is 0 Å². The maximum atomic E-state index is 12.1. The first-order chi connectivity index (χ1) is 10.9. The third kappa shape index (κ3) is 7.20. The Morgan fingerprint density at radius 2 is 2.09 bits per heavy atom. The van der Waals surface area contributed by atoms with Crippen LogP contribution < -0.4 is 15.4 Å². The van der Waals surface area contributed by atoms with E-state index in [0.717, 1.165) is 13.0 Å². The van der Waals surface area contributed by atoms with Gasteiger partial charge in [-0.1, -0.05) is 24.6 Å². The number of rotatable bonds is 8. The molecule has 8 heteroatoms. The van der Waals surface area contributed by atoms with E-state index in [1.54, 1.807) is 12.1 Å². The van der Waals surface area contributed by atoms with Crippen molar-refractivity contribution in [3.63, 3.8) is 0 Å². The van der Waals surface area contributed by atoms with Gasteiger partial charge in [0.2, 0.25) is 10.0 Å². The molecule has 1 atom stereocenters. The molecule has 0 radical (unpaired) electrons. The summed E-state index contributed by atoms with van der Waals surface area (Å²) < 4.78 is 26.8. The molecule has 3 N–H and O–H groups in total. The van der Waals surface area contributed by atoms with Gasteiger partial charge in [-0.3, -0.25) is 4.99 Å². The largest absolute Gasteiger partial charge is 0.357 e. The molecule has 23 heavy (non-hydrogen) atoms. The number of sulfonamides is 1. The molecule has 1 aromatic carbocycles. The molecule has 0 aliphatic heterocycles. The Balaban J connectivity index is 2.58. The molecule has 0 saturated carbocycles. The molecule has 0 aliphatic rings. The van der Waals surface area contributed by atoms with Crippen LogP contribution in [0.4, 0.5) is 0 Å². The van der Waals surface area contributed by atoms with E-state index in [2.05, 4.69) is 34.2 Å². The molecule has 0 fully saturated rings. The van der Waals surface area contributed by atoms with Crippen molar-refractivity contribution >= 4 is 27.6 Å². The van der Waals surface area contributed by atoms with Crippen LogP contribution in [0, 0.1) is 0 Å². The molecule has 0 aliphatic carbocycles. The van der Waals surface area contributed by atoms with Gasteiger partial charge in [-0.2, -0.15) is 0 Å². The molecule has 1 aromatic rings. The predicted octanol–water partition coefficient (Wildman–Crippen LogP) is 1.97. The lowest BCUT2D eigenvalue weighted by atomic mass is 10.3. The Morgan fingerprint density at radius 1 is 1.35 bits per heavy atom. The molecule has 6 nitrogen and oxygen atoms in total. The maximum Gasteiger partial charge on any atom is 0.240 e. The van der Waals surface area contributed by atoms with Crippen molar-refractivity contribution < 1.29 is 8.42 Å². The molecule has 0 heterocycles. The fourth-order valence-corrected chi connectivity index (χ4v) is 3.04. The Kier molecular flexibility index (Phi) is 8.36. The van der Waals surface area contributed by atoms with Gasteiger partial charge in [0.05, 0.1) is 11.4 Å². The number of nitrogens with one attached hydrogen (secondary N) is 3. The minimum atomic E-state index is -3.57. The summed E-state index contributed by atoms with van der Waals surface area (Å²) in [5, 5.41) is 6.76. The zero-order valence-corrected chi connectivity index (χ0v) is 15.3. The van der Waals surface area contributed by atoms with Crippen molar-refractivity contribution in [2.24, 2.45) is 4.99 Å². The minimum Gasteiger partial charge on any atom is -0.357 e. The van der Waals surface area contributed by atoms with Crippen LogP contribution in [0.3, 0.4) is 0 Å². The van der Waals surface area contributed by atoms with Crippen LogP contribution in [0.15, 0.2) is 34.2 Å². The summed E-state index contributed by atoms with van der Waals surface area (Å²) in [6, 6.07) is 6.46. The van der Waals surface area contributed by atoms with Crippen molar-refractivity contribution in [1.29, 1.82) is 0 Å². The van der Waals surface area contributed by atoms with Crippen molar-refractivity contribution in [2.45, 2.75) is 38.1 Å². The molecule has 1 unspecified atom stereocenters. The normalized spacial score (nSPS) is 13.7. The van der Waals surface area contributed by atoms with E-state index in [0.29, 0.717) is 23.6 Å². The van der Waals surface area contributed by atoms with Gasteiger partial charge in [0, 0.05) is 24.2 Å². The Morgan fingerprint density at radius 3 is 2.70 bits per heavy atom. The van der Waals surface area contributed by atoms with Gasteiger partial charge in [0.1, 0.15) is 0 Å². The van der Waals surface area contributed by atoms with Gasteiger partial charge in [-0.05, 0) is 38.5 Å². The topological polar surface area (TPSA) is 82.6 Å². The number of hydrogen-bond acceptors (Lipinski definition) is 3. The van der Waals surface area contributed by atoms with E-state index >= 15 is 0 Å². The predicted molar refractivity (Wildman–Crippen MR) is 95.5 cm³/mol. The summed E-state index contributed by atoms with van der Waals surface area (Å²) in [6.07, 6.45) is 0.978. The smallest absolute Gasteiger partial charge is 0.240 e. The molecule has 0 spiro atoms. The summed E-state index contributed by atoms with van der Waals surface area (Å²) in [4.78, 5) is 4.51. The Hall–Kier alpha value is -1.31. The second kappa shape index (κ2) is 9.75. The van der Waals surface area contributed by atoms with Gasteiger partial charge in [-0.25, -0.2) is 13.1 Å². The van der Waals surface area contributed by atoms with Crippen LogP contribution in [-0.2, 0) is 10.0 Å². The number of aliphatic imine (C=N–C) groups is 1. The Labute approximate surface area is 143 Å². The average Bonchev–Trinajstić information content (AvgIpc) is 2.51. The SMILES string of the molecule is CCNC(=NCCNS(=O)(=O)c1cccc(Cl)c1)NC(C)CC. The number of guanidine groups is 1. The standard InChI is InChI=1S/C15H25ClN4O2S/c1-4-12(3)20-15(17-5-2)18-9-10-19-23(21,22)14-8-6-7-13(16)11-14/h6-8,11-12,19H,4-5,9-10H2,1-3H3,(H2,17,18,20). The fourth-order valence-electron chi connectivity index (χ4n) is 1.72.